The van der Waals surface area contributed by atoms with Crippen LogP contribution in [0.2, 0.25) is 0 Å². The van der Waals surface area contributed by atoms with Crippen LogP contribution >= 0.6 is 11.3 Å². The van der Waals surface area contributed by atoms with E-state index in [0.29, 0.717) is 40.1 Å². The number of thiazole rings is 1. The van der Waals surface area contributed by atoms with Crippen molar-refractivity contribution in [3.63, 3.8) is 0 Å². The molecule has 0 bridgehead atoms. The SMILES string of the molecule is CN1CCN(S(=O)(=O)c2ccc3nc(Nc4ncnc5nc[nH]c45)sc3c2)CC1. The fourth-order valence-electron chi connectivity index (χ4n) is 3.26. The Morgan fingerprint density at radius 3 is 2.79 bits per heavy atom. The Kier molecular flexibility index (Phi) is 4.42. The normalized spacial score (nSPS) is 16.6. The third-order valence-electron chi connectivity index (χ3n) is 4.91. The Balaban J connectivity index is 1.45. The lowest BCUT2D eigenvalue weighted by Crippen LogP contribution is -2.46. The van der Waals surface area contributed by atoms with E-state index in [1.165, 1.54) is 17.7 Å². The second-order valence-corrected chi connectivity index (χ2v) is 9.77. The van der Waals surface area contributed by atoms with Crippen LogP contribution in [0.4, 0.5) is 10.9 Å². The van der Waals surface area contributed by atoms with Gasteiger partial charge in [-0.1, -0.05) is 11.3 Å². The number of benzene rings is 1. The van der Waals surface area contributed by atoms with Gasteiger partial charge in [-0.3, -0.25) is 0 Å². The number of H-pyrrole nitrogens is 1. The van der Waals surface area contributed by atoms with E-state index < -0.39 is 10.0 Å². The fraction of sp³-hybridized carbons (Fsp3) is 0.294. The number of rotatable bonds is 4. The molecule has 4 aromatic rings. The molecule has 0 radical (unpaired) electrons. The minimum absolute atomic E-state index is 0.294. The molecule has 1 aliphatic heterocycles. The van der Waals surface area contributed by atoms with Gasteiger partial charge in [-0.15, -0.1) is 0 Å². The first-order chi connectivity index (χ1) is 14.0. The number of nitrogens with one attached hydrogen (secondary N) is 2. The van der Waals surface area contributed by atoms with E-state index in [2.05, 4.69) is 35.1 Å². The molecule has 0 atom stereocenters. The smallest absolute Gasteiger partial charge is 0.243 e. The lowest BCUT2D eigenvalue weighted by Gasteiger charge is -2.31. The number of fused-ring (bicyclic) bond motifs is 2. The highest BCUT2D eigenvalue weighted by Gasteiger charge is 2.27. The largest absolute Gasteiger partial charge is 0.340 e. The highest BCUT2D eigenvalue weighted by molar-refractivity contribution is 7.89. The van der Waals surface area contributed by atoms with Crippen molar-refractivity contribution in [3.8, 4) is 0 Å². The van der Waals surface area contributed by atoms with Crippen molar-refractivity contribution in [2.45, 2.75) is 4.90 Å². The molecular formula is C17H18N8O2S2. The highest BCUT2D eigenvalue weighted by Crippen LogP contribution is 2.31. The van der Waals surface area contributed by atoms with Gasteiger partial charge in [0.05, 0.1) is 21.4 Å². The van der Waals surface area contributed by atoms with Crippen LogP contribution < -0.4 is 5.32 Å². The second-order valence-electron chi connectivity index (χ2n) is 6.80. The van der Waals surface area contributed by atoms with Crippen molar-refractivity contribution >= 4 is 53.7 Å². The van der Waals surface area contributed by atoms with Gasteiger partial charge in [-0.25, -0.2) is 28.4 Å². The lowest BCUT2D eigenvalue weighted by atomic mass is 10.3. The zero-order valence-electron chi connectivity index (χ0n) is 15.5. The Bertz CT molecular complexity index is 1290. The van der Waals surface area contributed by atoms with Crippen LogP contribution in [-0.4, -0.2) is 75.8 Å². The van der Waals surface area contributed by atoms with Gasteiger partial charge in [0.15, 0.2) is 16.6 Å². The molecule has 2 N–H and O–H groups in total. The summed E-state index contributed by atoms with van der Waals surface area (Å²) in [6.07, 6.45) is 2.98. The molecule has 0 spiro atoms. The van der Waals surface area contributed by atoms with E-state index in [0.717, 1.165) is 23.3 Å². The summed E-state index contributed by atoms with van der Waals surface area (Å²) in [4.78, 5) is 22.4. The van der Waals surface area contributed by atoms with Crippen molar-refractivity contribution in [2.75, 3.05) is 38.5 Å². The number of imidazole rings is 1. The van der Waals surface area contributed by atoms with Crippen LogP contribution in [-0.2, 0) is 10.0 Å². The molecule has 10 nitrogen and oxygen atoms in total. The predicted molar refractivity (Wildman–Crippen MR) is 111 cm³/mol. The number of piperazine rings is 1. The molecule has 150 valence electrons. The third-order valence-corrected chi connectivity index (χ3v) is 7.74. The Labute approximate surface area is 170 Å². The van der Waals surface area contributed by atoms with E-state index in [1.54, 1.807) is 28.8 Å². The second kappa shape index (κ2) is 6.99. The van der Waals surface area contributed by atoms with Crippen molar-refractivity contribution < 1.29 is 8.42 Å². The minimum atomic E-state index is -3.52. The van der Waals surface area contributed by atoms with Gasteiger partial charge >= 0.3 is 0 Å². The average Bonchev–Trinajstić information content (AvgIpc) is 3.34. The molecule has 0 saturated carbocycles. The first-order valence-corrected chi connectivity index (χ1v) is 11.3. The molecule has 0 amide bonds. The summed E-state index contributed by atoms with van der Waals surface area (Å²) in [5, 5.41) is 3.78. The third kappa shape index (κ3) is 3.33. The van der Waals surface area contributed by atoms with Crippen LogP contribution in [0.1, 0.15) is 0 Å². The quantitative estimate of drug-likeness (QED) is 0.501. The summed E-state index contributed by atoms with van der Waals surface area (Å²) < 4.78 is 28.3. The monoisotopic (exact) mass is 430 g/mol. The zero-order valence-corrected chi connectivity index (χ0v) is 17.2. The molecule has 5 rings (SSSR count). The van der Waals surface area contributed by atoms with Crippen molar-refractivity contribution in [2.24, 2.45) is 0 Å². The summed E-state index contributed by atoms with van der Waals surface area (Å²) in [6, 6.07) is 5.06. The van der Waals surface area contributed by atoms with Crippen molar-refractivity contribution in [3.05, 3.63) is 30.9 Å². The van der Waals surface area contributed by atoms with Crippen LogP contribution in [0.15, 0.2) is 35.7 Å². The molecule has 1 aliphatic rings. The Morgan fingerprint density at radius 1 is 1.14 bits per heavy atom. The van der Waals surface area contributed by atoms with Gasteiger partial charge < -0.3 is 15.2 Å². The molecule has 0 aliphatic carbocycles. The standard InChI is InChI=1S/C17H18N8O2S2/c1-24-4-6-25(7-5-24)29(26,27)11-2-3-12-13(8-11)28-17(22-12)23-16-14-15(19-9-18-14)20-10-21-16/h2-3,8-10H,4-7H2,1H3,(H2,18,19,20,21,22,23). The summed E-state index contributed by atoms with van der Waals surface area (Å²) in [6.45, 7) is 2.47. The van der Waals surface area contributed by atoms with E-state index in [4.69, 9.17) is 0 Å². The van der Waals surface area contributed by atoms with Gasteiger partial charge in [0.1, 0.15) is 11.8 Å². The number of hydrogen-bond donors (Lipinski definition) is 2. The van der Waals surface area contributed by atoms with Gasteiger partial charge in [0, 0.05) is 26.2 Å². The van der Waals surface area contributed by atoms with E-state index >= 15 is 0 Å². The number of aromatic nitrogens is 5. The molecule has 29 heavy (non-hydrogen) atoms. The van der Waals surface area contributed by atoms with Gasteiger partial charge in [0.25, 0.3) is 0 Å². The van der Waals surface area contributed by atoms with E-state index in [9.17, 15) is 8.42 Å². The maximum atomic E-state index is 13.0. The molecule has 1 fully saturated rings. The highest BCUT2D eigenvalue weighted by atomic mass is 32.2. The van der Waals surface area contributed by atoms with Gasteiger partial charge in [-0.2, -0.15) is 4.31 Å². The number of sulfonamides is 1. The van der Waals surface area contributed by atoms with Crippen LogP contribution in [0, 0.1) is 0 Å². The Hall–Kier alpha value is -2.67. The van der Waals surface area contributed by atoms with Gasteiger partial charge in [-0.05, 0) is 25.2 Å². The minimum Gasteiger partial charge on any atom is -0.340 e. The molecular weight excluding hydrogens is 412 g/mol. The first-order valence-electron chi connectivity index (χ1n) is 9.01. The summed E-state index contributed by atoms with van der Waals surface area (Å²) >= 11 is 1.37. The summed E-state index contributed by atoms with van der Waals surface area (Å²) in [7, 11) is -1.52. The first kappa shape index (κ1) is 18.4. The van der Waals surface area contributed by atoms with Crippen LogP contribution in [0.25, 0.3) is 21.4 Å². The van der Waals surface area contributed by atoms with Crippen molar-refractivity contribution in [1.29, 1.82) is 0 Å². The average molecular weight is 431 g/mol. The number of likely N-dealkylation sites (N-methyl/N-ethyl adjacent to an activating group) is 1. The maximum Gasteiger partial charge on any atom is 0.243 e. The molecule has 1 aromatic carbocycles. The van der Waals surface area contributed by atoms with E-state index in [-0.39, 0.29) is 0 Å². The van der Waals surface area contributed by atoms with E-state index in [1.807, 2.05) is 7.05 Å². The predicted octanol–water partition coefficient (Wildman–Crippen LogP) is 1.64. The Morgan fingerprint density at radius 2 is 1.97 bits per heavy atom. The molecule has 12 heteroatoms. The fourth-order valence-corrected chi connectivity index (χ4v) is 5.69. The zero-order chi connectivity index (χ0) is 20.0. The number of hydrogen-bond acceptors (Lipinski definition) is 9. The van der Waals surface area contributed by atoms with Crippen LogP contribution in [0.3, 0.4) is 0 Å². The summed E-state index contributed by atoms with van der Waals surface area (Å²) in [5.74, 6) is 0.567. The molecule has 1 saturated heterocycles. The number of aromatic amines is 1. The molecule has 4 heterocycles. The van der Waals surface area contributed by atoms with Crippen molar-refractivity contribution in [1.82, 2.24) is 34.1 Å². The topological polar surface area (TPSA) is 120 Å². The number of nitrogens with zero attached hydrogens (tertiary/aromatic N) is 6. The molecule has 0 unspecified atom stereocenters. The molecule has 3 aromatic heterocycles. The maximum absolute atomic E-state index is 13.0. The van der Waals surface area contributed by atoms with Crippen LogP contribution in [0.5, 0.6) is 0 Å². The van der Waals surface area contributed by atoms with Gasteiger partial charge in [0.2, 0.25) is 10.0 Å². The lowest BCUT2D eigenvalue weighted by molar-refractivity contribution is 0.222. The number of anilines is 2. The summed E-state index contributed by atoms with van der Waals surface area (Å²) in [5.41, 5.74) is 1.97.